The number of phenols is 2. The van der Waals surface area contributed by atoms with Crippen LogP contribution in [0.1, 0.15) is 35.5 Å². The van der Waals surface area contributed by atoms with Gasteiger partial charge in [0.2, 0.25) is 0 Å². The monoisotopic (exact) mass is 375 g/mol. The van der Waals surface area contributed by atoms with Crippen LogP contribution in [0.4, 0.5) is 0 Å². The lowest BCUT2D eigenvalue weighted by Gasteiger charge is -2.13. The molecule has 0 saturated carbocycles. The smallest absolute Gasteiger partial charge is 0.193 e. The highest BCUT2D eigenvalue weighted by Gasteiger charge is 2.21. The molecule has 2 aromatic rings. The number of aromatic nitrogens is 1. The van der Waals surface area contributed by atoms with Crippen molar-refractivity contribution in [3.63, 3.8) is 0 Å². The van der Waals surface area contributed by atoms with E-state index in [9.17, 15) is 15.0 Å². The van der Waals surface area contributed by atoms with Crippen LogP contribution in [-0.2, 0) is 6.42 Å². The largest absolute Gasteiger partial charge is 0.507 e. The van der Waals surface area contributed by atoms with Gasteiger partial charge in [-0.1, -0.05) is 17.7 Å². The van der Waals surface area contributed by atoms with Crippen molar-refractivity contribution in [1.82, 2.24) is 4.98 Å². The van der Waals surface area contributed by atoms with Gasteiger partial charge in [0.1, 0.15) is 22.8 Å². The highest BCUT2D eigenvalue weighted by atomic mass is 35.5. The fourth-order valence-corrected chi connectivity index (χ4v) is 2.30. The molecule has 0 aliphatic rings. The Morgan fingerprint density at radius 1 is 1.27 bits per heavy atom. The molecule has 0 bridgehead atoms. The standard InChI is InChI=1S/C20H21NO4.ClH/c1-13(2)7-9-15-17(23)12-18(25-3)19(20(15)24)16(22)10-8-14-6-4-5-11-21-14;/h4-8,10-12,23-24H,9H2,1-3H3;1H. The summed E-state index contributed by atoms with van der Waals surface area (Å²) in [6.45, 7) is 3.83. The Kier molecular flexibility index (Phi) is 7.87. The summed E-state index contributed by atoms with van der Waals surface area (Å²) in [7, 11) is 1.38. The van der Waals surface area contributed by atoms with Crippen molar-refractivity contribution in [3.8, 4) is 17.2 Å². The van der Waals surface area contributed by atoms with Gasteiger partial charge in [-0.05, 0) is 44.6 Å². The minimum absolute atomic E-state index is 0. The summed E-state index contributed by atoms with van der Waals surface area (Å²) in [5.74, 6) is -0.702. The number of hydrogen-bond donors (Lipinski definition) is 2. The van der Waals surface area contributed by atoms with E-state index in [1.54, 1.807) is 24.4 Å². The molecule has 0 aliphatic heterocycles. The molecule has 0 fully saturated rings. The van der Waals surface area contributed by atoms with Gasteiger partial charge in [0, 0.05) is 17.8 Å². The average Bonchev–Trinajstić information content (AvgIpc) is 2.59. The van der Waals surface area contributed by atoms with Gasteiger partial charge < -0.3 is 14.9 Å². The summed E-state index contributed by atoms with van der Waals surface area (Å²) in [4.78, 5) is 16.7. The average molecular weight is 376 g/mol. The van der Waals surface area contributed by atoms with Crippen LogP contribution < -0.4 is 4.74 Å². The number of carbonyl (C=O) groups excluding carboxylic acids is 1. The quantitative estimate of drug-likeness (QED) is 0.446. The first-order valence-electron chi connectivity index (χ1n) is 7.82. The number of phenolic OH excluding ortho intramolecular Hbond substituents is 2. The minimum atomic E-state index is -0.432. The Morgan fingerprint density at radius 3 is 2.58 bits per heavy atom. The summed E-state index contributed by atoms with van der Waals surface area (Å²) >= 11 is 0. The highest BCUT2D eigenvalue weighted by molar-refractivity contribution is 6.11. The van der Waals surface area contributed by atoms with E-state index in [0.717, 1.165) is 5.57 Å². The van der Waals surface area contributed by atoms with Crippen LogP contribution in [0.5, 0.6) is 17.2 Å². The van der Waals surface area contributed by atoms with Crippen molar-refractivity contribution < 1.29 is 19.7 Å². The Balaban J connectivity index is 0.00000338. The number of nitrogens with zero attached hydrogens (tertiary/aromatic N) is 1. The number of ether oxygens (including phenoxy) is 1. The summed E-state index contributed by atoms with van der Waals surface area (Å²) in [6.07, 6.45) is 6.68. The third-order valence-corrected chi connectivity index (χ3v) is 3.62. The first-order valence-corrected chi connectivity index (χ1v) is 7.82. The molecule has 0 amide bonds. The maximum atomic E-state index is 12.6. The number of allylic oxidation sites excluding steroid dienone is 3. The molecule has 1 aromatic heterocycles. The molecule has 2 N–H and O–H groups in total. The molecule has 0 saturated heterocycles. The van der Waals surface area contributed by atoms with Crippen LogP contribution in [0.3, 0.4) is 0 Å². The van der Waals surface area contributed by atoms with Crippen LogP contribution in [0.15, 0.2) is 48.2 Å². The van der Waals surface area contributed by atoms with E-state index < -0.39 is 5.78 Å². The lowest BCUT2D eigenvalue weighted by atomic mass is 9.99. The lowest BCUT2D eigenvalue weighted by Crippen LogP contribution is -2.02. The zero-order chi connectivity index (χ0) is 18.4. The fourth-order valence-electron chi connectivity index (χ4n) is 2.30. The second kappa shape index (κ2) is 9.63. The van der Waals surface area contributed by atoms with E-state index in [-0.39, 0.29) is 40.8 Å². The second-order valence-electron chi connectivity index (χ2n) is 5.74. The first kappa shape index (κ1) is 21.3. The number of pyridine rings is 1. The molecule has 2 rings (SSSR count). The van der Waals surface area contributed by atoms with Crippen LogP contribution in [0.25, 0.3) is 6.08 Å². The molecule has 0 unspecified atom stereocenters. The van der Waals surface area contributed by atoms with E-state index in [1.807, 2.05) is 26.0 Å². The molecule has 5 nitrogen and oxygen atoms in total. The number of halogens is 1. The van der Waals surface area contributed by atoms with Crippen LogP contribution in [-0.4, -0.2) is 28.1 Å². The Hall–Kier alpha value is -2.79. The Labute approximate surface area is 159 Å². The molecule has 0 radical (unpaired) electrons. The first-order chi connectivity index (χ1) is 11.9. The SMILES string of the molecule is COc1cc(O)c(CC=C(C)C)c(O)c1C(=O)C=Cc1ccccn1.Cl. The van der Waals surface area contributed by atoms with Gasteiger partial charge >= 0.3 is 0 Å². The zero-order valence-corrected chi connectivity index (χ0v) is 15.7. The van der Waals surface area contributed by atoms with E-state index in [1.165, 1.54) is 19.3 Å². The molecule has 1 aromatic carbocycles. The summed E-state index contributed by atoms with van der Waals surface area (Å²) in [6, 6.07) is 6.70. The van der Waals surface area contributed by atoms with Gasteiger partial charge in [-0.15, -0.1) is 12.4 Å². The normalized spacial score (nSPS) is 10.3. The summed E-state index contributed by atoms with van der Waals surface area (Å²) in [5, 5.41) is 20.6. The van der Waals surface area contributed by atoms with Crippen LogP contribution >= 0.6 is 12.4 Å². The topological polar surface area (TPSA) is 79.6 Å². The maximum Gasteiger partial charge on any atom is 0.193 e. The maximum absolute atomic E-state index is 12.6. The van der Waals surface area contributed by atoms with Gasteiger partial charge in [0.15, 0.2) is 5.78 Å². The summed E-state index contributed by atoms with van der Waals surface area (Å²) in [5.41, 5.74) is 1.97. The molecule has 0 spiro atoms. The van der Waals surface area contributed by atoms with E-state index in [2.05, 4.69) is 4.98 Å². The van der Waals surface area contributed by atoms with Crippen molar-refractivity contribution in [3.05, 3.63) is 65.0 Å². The van der Waals surface area contributed by atoms with E-state index in [4.69, 9.17) is 4.74 Å². The van der Waals surface area contributed by atoms with Gasteiger partial charge in [-0.3, -0.25) is 9.78 Å². The predicted molar refractivity (Wildman–Crippen MR) is 104 cm³/mol. The number of ketones is 1. The number of rotatable bonds is 6. The van der Waals surface area contributed by atoms with Gasteiger partial charge in [-0.25, -0.2) is 0 Å². The van der Waals surface area contributed by atoms with Gasteiger partial charge in [0.25, 0.3) is 0 Å². The Morgan fingerprint density at radius 2 is 2.00 bits per heavy atom. The van der Waals surface area contributed by atoms with Crippen molar-refractivity contribution in [2.75, 3.05) is 7.11 Å². The number of methoxy groups -OCH3 is 1. The Bertz CT molecular complexity index is 825. The zero-order valence-electron chi connectivity index (χ0n) is 14.9. The molecule has 0 aliphatic carbocycles. The van der Waals surface area contributed by atoms with Crippen molar-refractivity contribution in [2.45, 2.75) is 20.3 Å². The minimum Gasteiger partial charge on any atom is -0.507 e. The summed E-state index contributed by atoms with van der Waals surface area (Å²) < 4.78 is 5.16. The fraction of sp³-hybridized carbons (Fsp3) is 0.200. The molecule has 26 heavy (non-hydrogen) atoms. The number of hydrogen-bond acceptors (Lipinski definition) is 5. The number of benzene rings is 1. The van der Waals surface area contributed by atoms with Crippen LogP contribution in [0, 0.1) is 0 Å². The number of carbonyl (C=O) groups is 1. The van der Waals surface area contributed by atoms with E-state index >= 15 is 0 Å². The lowest BCUT2D eigenvalue weighted by molar-refractivity contribution is 0.104. The second-order valence-corrected chi connectivity index (χ2v) is 5.74. The van der Waals surface area contributed by atoms with Gasteiger partial charge in [0.05, 0.1) is 12.8 Å². The molecule has 6 heteroatoms. The highest BCUT2D eigenvalue weighted by Crippen LogP contribution is 2.39. The third kappa shape index (κ3) is 5.10. The molecular formula is C20H22ClNO4. The predicted octanol–water partition coefficient (Wildman–Crippen LogP) is 4.33. The molecular weight excluding hydrogens is 354 g/mol. The van der Waals surface area contributed by atoms with Crippen molar-refractivity contribution in [1.29, 1.82) is 0 Å². The van der Waals surface area contributed by atoms with Crippen molar-refractivity contribution >= 4 is 24.3 Å². The molecule has 1 heterocycles. The number of aromatic hydroxyl groups is 2. The molecule has 0 atom stereocenters. The van der Waals surface area contributed by atoms with E-state index in [0.29, 0.717) is 12.1 Å². The molecule has 138 valence electrons. The van der Waals surface area contributed by atoms with Crippen LogP contribution in [0.2, 0.25) is 0 Å². The third-order valence-electron chi connectivity index (χ3n) is 3.62. The van der Waals surface area contributed by atoms with Gasteiger partial charge in [-0.2, -0.15) is 0 Å². The van der Waals surface area contributed by atoms with Crippen molar-refractivity contribution in [2.24, 2.45) is 0 Å².